The Morgan fingerprint density at radius 2 is 2.13 bits per heavy atom. The van der Waals surface area contributed by atoms with Crippen LogP contribution in [0.2, 0.25) is 0 Å². The Balaban J connectivity index is 3.03. The van der Waals surface area contributed by atoms with E-state index in [4.69, 9.17) is 4.74 Å². The number of methoxy groups -OCH3 is 1. The summed E-state index contributed by atoms with van der Waals surface area (Å²) in [5.41, 5.74) is 0.376. The summed E-state index contributed by atoms with van der Waals surface area (Å²) in [6, 6.07) is 4.07. The highest BCUT2D eigenvalue weighted by Gasteiger charge is 2.15. The molecule has 0 radical (unpaired) electrons. The maximum absolute atomic E-state index is 13.1. The Bertz CT molecular complexity index is 361. The number of benzene rings is 1. The van der Waals surface area contributed by atoms with Crippen LogP contribution in [0.1, 0.15) is 30.6 Å². The van der Waals surface area contributed by atoms with Gasteiger partial charge in [0.25, 0.3) is 0 Å². The van der Waals surface area contributed by atoms with Crippen LogP contribution in [0.15, 0.2) is 18.2 Å². The van der Waals surface area contributed by atoms with E-state index in [2.05, 4.69) is 0 Å². The second-order valence-corrected chi connectivity index (χ2v) is 3.55. The molecule has 0 aliphatic rings. The van der Waals surface area contributed by atoms with Crippen LogP contribution in [0.3, 0.4) is 0 Å². The largest absolute Gasteiger partial charge is 0.497 e. The normalized spacial score (nSPS) is 12.3. The first-order valence-electron chi connectivity index (χ1n) is 4.97. The van der Waals surface area contributed by atoms with Crippen molar-refractivity contribution in [2.24, 2.45) is 5.92 Å². The van der Waals surface area contributed by atoms with Crippen LogP contribution >= 0.6 is 0 Å². The molecule has 3 heteroatoms. The molecule has 0 heterocycles. The lowest BCUT2D eigenvalue weighted by Crippen LogP contribution is -2.10. The average molecular weight is 210 g/mol. The lowest BCUT2D eigenvalue weighted by Gasteiger charge is -2.08. The van der Waals surface area contributed by atoms with Gasteiger partial charge < -0.3 is 4.74 Å². The maximum Gasteiger partial charge on any atom is 0.165 e. The molecule has 0 N–H and O–H groups in total. The van der Waals surface area contributed by atoms with Crippen molar-refractivity contribution < 1.29 is 13.9 Å². The van der Waals surface area contributed by atoms with Crippen LogP contribution in [-0.4, -0.2) is 12.9 Å². The molecule has 0 saturated heterocycles. The zero-order chi connectivity index (χ0) is 11.4. The molecule has 1 aromatic rings. The molecule has 0 amide bonds. The van der Waals surface area contributed by atoms with Crippen LogP contribution in [0.4, 0.5) is 4.39 Å². The number of Topliss-reactive ketones (excluding diaryl/α,β-unsaturated/α-hetero) is 1. The average Bonchev–Trinajstić information content (AvgIpc) is 2.26. The molecule has 0 aromatic heterocycles. The van der Waals surface area contributed by atoms with Crippen LogP contribution < -0.4 is 4.74 Å². The number of ether oxygens (including phenoxy) is 1. The van der Waals surface area contributed by atoms with E-state index in [0.29, 0.717) is 11.3 Å². The summed E-state index contributed by atoms with van der Waals surface area (Å²) in [7, 11) is 1.45. The fraction of sp³-hybridized carbons (Fsp3) is 0.417. The molecule has 1 unspecified atom stereocenters. The predicted octanol–water partition coefficient (Wildman–Crippen LogP) is 3.06. The van der Waals surface area contributed by atoms with Gasteiger partial charge in [0.15, 0.2) is 5.78 Å². The molecule has 15 heavy (non-hydrogen) atoms. The number of ketones is 1. The van der Waals surface area contributed by atoms with Crippen molar-refractivity contribution in [2.75, 3.05) is 7.11 Å². The number of carbonyl (C=O) groups excluding carboxylic acids is 1. The second-order valence-electron chi connectivity index (χ2n) is 3.55. The minimum Gasteiger partial charge on any atom is -0.497 e. The monoisotopic (exact) mass is 210 g/mol. The van der Waals surface area contributed by atoms with E-state index in [9.17, 15) is 9.18 Å². The van der Waals surface area contributed by atoms with Gasteiger partial charge in [-0.15, -0.1) is 0 Å². The van der Waals surface area contributed by atoms with Crippen molar-refractivity contribution in [1.29, 1.82) is 0 Å². The van der Waals surface area contributed by atoms with Gasteiger partial charge in [-0.05, 0) is 18.6 Å². The molecule has 2 nitrogen and oxygen atoms in total. The van der Waals surface area contributed by atoms with Gasteiger partial charge in [0.2, 0.25) is 0 Å². The minimum atomic E-state index is -0.444. The fourth-order valence-electron chi connectivity index (χ4n) is 1.29. The third-order valence-electron chi connectivity index (χ3n) is 2.45. The van der Waals surface area contributed by atoms with E-state index < -0.39 is 5.82 Å². The lowest BCUT2D eigenvalue weighted by molar-refractivity contribution is 0.0926. The number of halogens is 1. The summed E-state index contributed by atoms with van der Waals surface area (Å²) in [4.78, 5) is 11.8. The van der Waals surface area contributed by atoms with Crippen molar-refractivity contribution in [3.05, 3.63) is 29.6 Å². The molecule has 0 fully saturated rings. The number of hydrogen-bond acceptors (Lipinski definition) is 2. The molecular weight excluding hydrogens is 195 g/mol. The van der Waals surface area contributed by atoms with Gasteiger partial charge in [-0.2, -0.15) is 0 Å². The fourth-order valence-corrected chi connectivity index (χ4v) is 1.29. The van der Waals surface area contributed by atoms with Crippen LogP contribution in [0.5, 0.6) is 5.75 Å². The van der Waals surface area contributed by atoms with Gasteiger partial charge in [-0.1, -0.05) is 13.8 Å². The molecule has 1 atom stereocenters. The van der Waals surface area contributed by atoms with Gasteiger partial charge in [0.05, 0.1) is 7.11 Å². The molecule has 82 valence electrons. The molecule has 1 rings (SSSR count). The topological polar surface area (TPSA) is 26.3 Å². The Morgan fingerprint density at radius 3 is 2.67 bits per heavy atom. The third kappa shape index (κ3) is 2.78. The molecule has 0 aliphatic heterocycles. The Kier molecular flexibility index (Phi) is 3.83. The first-order valence-corrected chi connectivity index (χ1v) is 4.97. The molecule has 0 aliphatic carbocycles. The minimum absolute atomic E-state index is 0.0460. The van der Waals surface area contributed by atoms with Crippen molar-refractivity contribution in [2.45, 2.75) is 20.3 Å². The molecule has 1 aromatic carbocycles. The third-order valence-corrected chi connectivity index (χ3v) is 2.45. The highest BCUT2D eigenvalue weighted by molar-refractivity contribution is 5.97. The van der Waals surface area contributed by atoms with Gasteiger partial charge in [0.1, 0.15) is 11.6 Å². The van der Waals surface area contributed by atoms with E-state index in [1.54, 1.807) is 6.07 Å². The number of carbonyl (C=O) groups is 1. The summed E-state index contributed by atoms with van der Waals surface area (Å²) in [5.74, 6) is -0.200. The maximum atomic E-state index is 13.1. The van der Waals surface area contributed by atoms with E-state index in [1.165, 1.54) is 19.2 Å². The van der Waals surface area contributed by atoms with Gasteiger partial charge >= 0.3 is 0 Å². The first kappa shape index (κ1) is 11.7. The summed E-state index contributed by atoms with van der Waals surface area (Å²) in [6.07, 6.45) is 0.748. The molecule has 0 bridgehead atoms. The summed E-state index contributed by atoms with van der Waals surface area (Å²) in [6.45, 7) is 3.76. The molecule has 0 saturated carbocycles. The highest BCUT2D eigenvalue weighted by atomic mass is 19.1. The first-order chi connectivity index (χ1) is 7.08. The quantitative estimate of drug-likeness (QED) is 0.714. The van der Waals surface area contributed by atoms with E-state index in [0.717, 1.165) is 6.42 Å². The summed E-state index contributed by atoms with van der Waals surface area (Å²) in [5, 5.41) is 0. The van der Waals surface area contributed by atoms with E-state index in [-0.39, 0.29) is 11.7 Å². The summed E-state index contributed by atoms with van der Waals surface area (Å²) < 4.78 is 18.0. The van der Waals surface area contributed by atoms with Crippen molar-refractivity contribution in [3.8, 4) is 5.75 Å². The predicted molar refractivity (Wildman–Crippen MR) is 56.7 cm³/mol. The highest BCUT2D eigenvalue weighted by Crippen LogP contribution is 2.19. The SMILES string of the molecule is CCC(C)C(=O)c1cc(F)cc(OC)c1. The van der Waals surface area contributed by atoms with E-state index >= 15 is 0 Å². The second kappa shape index (κ2) is 4.91. The summed E-state index contributed by atoms with van der Waals surface area (Å²) >= 11 is 0. The number of hydrogen-bond donors (Lipinski definition) is 0. The Labute approximate surface area is 89.1 Å². The molecular formula is C12H15FO2. The standard InChI is InChI=1S/C12H15FO2/c1-4-8(2)12(14)9-5-10(13)7-11(6-9)15-3/h5-8H,4H2,1-3H3. The molecule has 0 spiro atoms. The smallest absolute Gasteiger partial charge is 0.165 e. The zero-order valence-electron chi connectivity index (χ0n) is 9.21. The lowest BCUT2D eigenvalue weighted by atomic mass is 9.97. The Morgan fingerprint density at radius 1 is 1.47 bits per heavy atom. The van der Waals surface area contributed by atoms with Gasteiger partial charge in [0, 0.05) is 17.5 Å². The Hall–Kier alpha value is -1.38. The number of rotatable bonds is 4. The van der Waals surface area contributed by atoms with Crippen LogP contribution in [0.25, 0.3) is 0 Å². The van der Waals surface area contributed by atoms with Crippen molar-refractivity contribution >= 4 is 5.78 Å². The van der Waals surface area contributed by atoms with E-state index in [1.807, 2.05) is 13.8 Å². The van der Waals surface area contributed by atoms with Gasteiger partial charge in [-0.25, -0.2) is 4.39 Å². The van der Waals surface area contributed by atoms with Crippen molar-refractivity contribution in [3.63, 3.8) is 0 Å². The van der Waals surface area contributed by atoms with Crippen LogP contribution in [0, 0.1) is 11.7 Å². The van der Waals surface area contributed by atoms with Crippen LogP contribution in [-0.2, 0) is 0 Å². The van der Waals surface area contributed by atoms with Crippen molar-refractivity contribution in [1.82, 2.24) is 0 Å². The van der Waals surface area contributed by atoms with Gasteiger partial charge in [-0.3, -0.25) is 4.79 Å². The zero-order valence-corrected chi connectivity index (χ0v) is 9.21.